The fourth-order valence-corrected chi connectivity index (χ4v) is 1.68. The molecule has 0 fully saturated rings. The Morgan fingerprint density at radius 3 is 2.89 bits per heavy atom. The van der Waals surface area contributed by atoms with E-state index in [1.165, 1.54) is 5.56 Å². The predicted molar refractivity (Wildman–Crippen MR) is 77.5 cm³/mol. The fraction of sp³-hybridized carbons (Fsp3) is 0.533. The summed E-state index contributed by atoms with van der Waals surface area (Å²) < 4.78 is 5.59. The Bertz CT molecular complexity index is 380. The molecule has 0 aliphatic carbocycles. The van der Waals surface area contributed by atoms with Crippen LogP contribution in [0.1, 0.15) is 25.3 Å². The molecule has 106 valence electrons. The minimum absolute atomic E-state index is 0.0887. The van der Waals surface area contributed by atoms with Crippen molar-refractivity contribution in [2.24, 2.45) is 0 Å². The molecular formula is C15H24N2O2. The summed E-state index contributed by atoms with van der Waals surface area (Å²) in [6.07, 6.45) is 1.25. The van der Waals surface area contributed by atoms with Crippen molar-refractivity contribution in [1.82, 2.24) is 10.6 Å². The summed E-state index contributed by atoms with van der Waals surface area (Å²) in [4.78, 5) is 11.5. The summed E-state index contributed by atoms with van der Waals surface area (Å²) >= 11 is 0. The van der Waals surface area contributed by atoms with Gasteiger partial charge < -0.3 is 15.4 Å². The Morgan fingerprint density at radius 1 is 1.32 bits per heavy atom. The van der Waals surface area contributed by atoms with Gasteiger partial charge in [-0.1, -0.05) is 19.1 Å². The third-order valence-electron chi connectivity index (χ3n) is 2.68. The molecule has 19 heavy (non-hydrogen) atoms. The largest absolute Gasteiger partial charge is 0.494 e. The lowest BCUT2D eigenvalue weighted by Crippen LogP contribution is -2.31. The first-order valence-corrected chi connectivity index (χ1v) is 6.89. The average Bonchev–Trinajstić information content (AvgIpc) is 2.40. The van der Waals surface area contributed by atoms with Gasteiger partial charge in [0.05, 0.1) is 6.61 Å². The van der Waals surface area contributed by atoms with Gasteiger partial charge in [0, 0.05) is 19.5 Å². The maximum atomic E-state index is 11.5. The lowest BCUT2D eigenvalue weighted by molar-refractivity contribution is -0.121. The predicted octanol–water partition coefficient (Wildman–Crippen LogP) is 1.88. The van der Waals surface area contributed by atoms with Crippen molar-refractivity contribution in [3.8, 4) is 5.75 Å². The number of hydrogen-bond donors (Lipinski definition) is 2. The maximum Gasteiger partial charge on any atom is 0.220 e. The van der Waals surface area contributed by atoms with E-state index in [9.17, 15) is 4.79 Å². The molecule has 0 radical (unpaired) electrons. The lowest BCUT2D eigenvalue weighted by Gasteiger charge is -2.07. The highest BCUT2D eigenvalue weighted by atomic mass is 16.5. The van der Waals surface area contributed by atoms with E-state index in [4.69, 9.17) is 4.74 Å². The first kappa shape index (κ1) is 15.5. The highest BCUT2D eigenvalue weighted by Gasteiger charge is 2.00. The van der Waals surface area contributed by atoms with E-state index < -0.39 is 0 Å². The smallest absolute Gasteiger partial charge is 0.220 e. The summed E-state index contributed by atoms with van der Waals surface area (Å²) in [5.41, 5.74) is 1.18. The summed E-state index contributed by atoms with van der Waals surface area (Å²) in [6, 6.07) is 7.93. The van der Waals surface area contributed by atoms with Gasteiger partial charge in [-0.05, 0) is 37.6 Å². The third-order valence-corrected chi connectivity index (χ3v) is 2.68. The third kappa shape index (κ3) is 7.47. The number of likely N-dealkylation sites (N-methyl/N-ethyl adjacent to an activating group) is 1. The van der Waals surface area contributed by atoms with Crippen molar-refractivity contribution in [2.75, 3.05) is 26.2 Å². The Labute approximate surface area is 115 Å². The minimum atomic E-state index is 0.0887. The van der Waals surface area contributed by atoms with Crippen LogP contribution in [0.2, 0.25) is 0 Å². The number of carbonyl (C=O) groups excluding carboxylic acids is 1. The summed E-state index contributed by atoms with van der Waals surface area (Å²) in [5, 5.41) is 6.03. The van der Waals surface area contributed by atoms with Gasteiger partial charge in [0.25, 0.3) is 0 Å². The molecule has 0 saturated carbocycles. The Morgan fingerprint density at radius 2 is 2.16 bits per heavy atom. The molecule has 4 nitrogen and oxygen atoms in total. The molecule has 1 aromatic carbocycles. The molecule has 0 bridgehead atoms. The average molecular weight is 264 g/mol. The van der Waals surface area contributed by atoms with Gasteiger partial charge in [-0.25, -0.2) is 0 Å². The molecule has 2 N–H and O–H groups in total. The number of hydrogen-bond acceptors (Lipinski definition) is 3. The zero-order valence-corrected chi connectivity index (χ0v) is 11.9. The van der Waals surface area contributed by atoms with Crippen LogP contribution in [-0.2, 0) is 4.79 Å². The van der Waals surface area contributed by atoms with Crippen molar-refractivity contribution < 1.29 is 9.53 Å². The summed E-state index contributed by atoms with van der Waals surface area (Å²) in [5.74, 6) is 0.957. The second-order valence-corrected chi connectivity index (χ2v) is 4.47. The van der Waals surface area contributed by atoms with E-state index in [0.717, 1.165) is 25.3 Å². The molecule has 0 saturated heterocycles. The minimum Gasteiger partial charge on any atom is -0.494 e. The maximum absolute atomic E-state index is 11.5. The molecule has 4 heteroatoms. The van der Waals surface area contributed by atoms with E-state index in [0.29, 0.717) is 19.6 Å². The number of ether oxygens (including phenoxy) is 1. The first-order valence-electron chi connectivity index (χ1n) is 6.89. The topological polar surface area (TPSA) is 50.4 Å². The fourth-order valence-electron chi connectivity index (χ4n) is 1.68. The molecule has 0 spiro atoms. The molecule has 0 heterocycles. The molecule has 0 unspecified atom stereocenters. The lowest BCUT2D eigenvalue weighted by atomic mass is 10.2. The van der Waals surface area contributed by atoms with Crippen LogP contribution in [0.25, 0.3) is 0 Å². The monoisotopic (exact) mass is 264 g/mol. The molecule has 1 rings (SSSR count). The van der Waals surface area contributed by atoms with Crippen molar-refractivity contribution in [1.29, 1.82) is 0 Å². The van der Waals surface area contributed by atoms with Gasteiger partial charge in [0.15, 0.2) is 0 Å². The molecule has 0 aliphatic heterocycles. The van der Waals surface area contributed by atoms with E-state index >= 15 is 0 Å². The van der Waals surface area contributed by atoms with E-state index in [-0.39, 0.29) is 5.91 Å². The Hall–Kier alpha value is -1.55. The highest BCUT2D eigenvalue weighted by Crippen LogP contribution is 2.12. The van der Waals surface area contributed by atoms with Crippen LogP contribution < -0.4 is 15.4 Å². The second-order valence-electron chi connectivity index (χ2n) is 4.47. The van der Waals surface area contributed by atoms with E-state index in [1.807, 2.05) is 38.1 Å². The summed E-state index contributed by atoms with van der Waals surface area (Å²) in [7, 11) is 0. The SMILES string of the molecule is CCNCCNC(=O)CCCOc1cccc(C)c1. The zero-order valence-electron chi connectivity index (χ0n) is 11.9. The van der Waals surface area contributed by atoms with Gasteiger partial charge >= 0.3 is 0 Å². The molecule has 0 atom stereocenters. The van der Waals surface area contributed by atoms with Gasteiger partial charge in [0.1, 0.15) is 5.75 Å². The second kappa shape index (κ2) is 9.39. The van der Waals surface area contributed by atoms with Gasteiger partial charge in [-0.15, -0.1) is 0 Å². The van der Waals surface area contributed by atoms with Crippen LogP contribution in [0.3, 0.4) is 0 Å². The quantitative estimate of drug-likeness (QED) is 0.670. The molecular weight excluding hydrogens is 240 g/mol. The van der Waals surface area contributed by atoms with Crippen LogP contribution in [0.5, 0.6) is 5.75 Å². The van der Waals surface area contributed by atoms with Gasteiger partial charge in [0.2, 0.25) is 5.91 Å². The van der Waals surface area contributed by atoms with E-state index in [1.54, 1.807) is 0 Å². The molecule has 0 aromatic heterocycles. The van der Waals surface area contributed by atoms with Crippen LogP contribution in [0.4, 0.5) is 0 Å². The molecule has 1 aromatic rings. The number of amides is 1. The number of carbonyl (C=O) groups is 1. The Kier molecular flexibility index (Phi) is 7.66. The highest BCUT2D eigenvalue weighted by molar-refractivity contribution is 5.75. The van der Waals surface area contributed by atoms with Gasteiger partial charge in [-0.3, -0.25) is 4.79 Å². The normalized spacial score (nSPS) is 10.2. The van der Waals surface area contributed by atoms with Crippen LogP contribution in [-0.4, -0.2) is 32.1 Å². The van der Waals surface area contributed by atoms with Crippen LogP contribution in [0.15, 0.2) is 24.3 Å². The summed E-state index contributed by atoms with van der Waals surface area (Å²) in [6.45, 7) is 7.09. The molecule has 0 aliphatic rings. The number of rotatable bonds is 9. The van der Waals surface area contributed by atoms with E-state index in [2.05, 4.69) is 10.6 Å². The van der Waals surface area contributed by atoms with Crippen molar-refractivity contribution in [3.63, 3.8) is 0 Å². The molecule has 1 amide bonds. The first-order chi connectivity index (χ1) is 9.22. The zero-order chi connectivity index (χ0) is 13.9. The van der Waals surface area contributed by atoms with Crippen molar-refractivity contribution in [2.45, 2.75) is 26.7 Å². The van der Waals surface area contributed by atoms with Gasteiger partial charge in [-0.2, -0.15) is 0 Å². The van der Waals surface area contributed by atoms with Crippen molar-refractivity contribution in [3.05, 3.63) is 29.8 Å². The standard InChI is InChI=1S/C15H24N2O2/c1-3-16-9-10-17-15(18)8-5-11-19-14-7-4-6-13(2)12-14/h4,6-7,12,16H,3,5,8-11H2,1-2H3,(H,17,18). The van der Waals surface area contributed by atoms with Crippen LogP contribution >= 0.6 is 0 Å². The number of aryl methyl sites for hydroxylation is 1. The van der Waals surface area contributed by atoms with Crippen LogP contribution in [0, 0.1) is 6.92 Å². The Balaban J connectivity index is 2.05. The van der Waals surface area contributed by atoms with Crippen molar-refractivity contribution >= 4 is 5.91 Å². The number of nitrogens with one attached hydrogen (secondary N) is 2. The number of benzene rings is 1.